The molecule has 124 valence electrons. The Morgan fingerprint density at radius 1 is 1.04 bits per heavy atom. The van der Waals surface area contributed by atoms with Gasteiger partial charge in [0, 0.05) is 18.8 Å². The van der Waals surface area contributed by atoms with Gasteiger partial charge in [-0.15, -0.1) is 0 Å². The molecule has 3 fully saturated rings. The zero-order valence-corrected chi connectivity index (χ0v) is 13.9. The summed E-state index contributed by atoms with van der Waals surface area (Å²) in [6.07, 6.45) is 2.54. The van der Waals surface area contributed by atoms with E-state index >= 15 is 0 Å². The van der Waals surface area contributed by atoms with Gasteiger partial charge >= 0.3 is 0 Å². The van der Waals surface area contributed by atoms with Crippen LogP contribution in [0.5, 0.6) is 17.2 Å². The predicted octanol–water partition coefficient (Wildman–Crippen LogP) is 0.390. The Kier molecular flexibility index (Phi) is 3.56. The van der Waals surface area contributed by atoms with Gasteiger partial charge in [-0.2, -0.15) is 5.10 Å². The van der Waals surface area contributed by atoms with Crippen molar-refractivity contribution >= 4 is 5.71 Å². The third kappa shape index (κ3) is 2.16. The SMILES string of the molecule is COc1cc([C@@H]2NN=C3C4CC[NH+](CC4)[C@@H]32)cc(OC)c1OC. The molecule has 0 aromatic heterocycles. The fourth-order valence-electron chi connectivity index (χ4n) is 4.39. The minimum atomic E-state index is 0.178. The Bertz CT molecular complexity index is 613. The van der Waals surface area contributed by atoms with Gasteiger partial charge < -0.3 is 19.1 Å². The van der Waals surface area contributed by atoms with Crippen LogP contribution in [0.25, 0.3) is 0 Å². The third-order valence-corrected chi connectivity index (χ3v) is 5.52. The van der Waals surface area contributed by atoms with Crippen molar-refractivity contribution < 1.29 is 19.1 Å². The lowest BCUT2D eigenvalue weighted by Gasteiger charge is -2.42. The van der Waals surface area contributed by atoms with E-state index in [0.717, 1.165) is 5.56 Å². The maximum absolute atomic E-state index is 5.50. The van der Waals surface area contributed by atoms with Crippen LogP contribution >= 0.6 is 0 Å². The first-order chi connectivity index (χ1) is 11.3. The standard InChI is InChI=1S/C17H23N3O3/c1-21-12-8-11(9-13(22-2)17(12)23-3)15-16-14(18-19-15)10-4-6-20(16)7-5-10/h8-10,15-16,19H,4-7H2,1-3H3/p+1/t15-,16-/m0/s1. The van der Waals surface area contributed by atoms with Gasteiger partial charge in [-0.25, -0.2) is 0 Å². The number of hydrazone groups is 1. The molecule has 3 saturated heterocycles. The number of rotatable bonds is 4. The van der Waals surface area contributed by atoms with Gasteiger partial charge in [0.1, 0.15) is 11.8 Å². The lowest BCUT2D eigenvalue weighted by atomic mass is 9.78. The van der Waals surface area contributed by atoms with Gasteiger partial charge in [0.2, 0.25) is 5.75 Å². The molecule has 2 atom stereocenters. The summed E-state index contributed by atoms with van der Waals surface area (Å²) >= 11 is 0. The maximum Gasteiger partial charge on any atom is 0.203 e. The number of hydrogen-bond acceptors (Lipinski definition) is 5. The molecule has 6 nitrogen and oxygen atoms in total. The number of methoxy groups -OCH3 is 3. The summed E-state index contributed by atoms with van der Waals surface area (Å²) in [7, 11) is 4.94. The smallest absolute Gasteiger partial charge is 0.203 e. The van der Waals surface area contributed by atoms with E-state index in [-0.39, 0.29) is 6.04 Å². The molecule has 1 aromatic rings. The first-order valence-corrected chi connectivity index (χ1v) is 8.24. The fourth-order valence-corrected chi connectivity index (χ4v) is 4.39. The van der Waals surface area contributed by atoms with E-state index in [1.165, 1.54) is 31.6 Å². The summed E-state index contributed by atoms with van der Waals surface area (Å²) in [5.41, 5.74) is 5.87. The number of ether oxygens (including phenoxy) is 3. The largest absolute Gasteiger partial charge is 0.493 e. The van der Waals surface area contributed by atoms with Crippen molar-refractivity contribution in [3.8, 4) is 17.2 Å². The highest BCUT2D eigenvalue weighted by atomic mass is 16.5. The number of fused-ring (bicyclic) bond motifs is 2. The lowest BCUT2D eigenvalue weighted by Crippen LogP contribution is -3.20. The normalized spacial score (nSPS) is 31.2. The maximum atomic E-state index is 5.50. The molecular weight excluding hydrogens is 294 g/mol. The van der Waals surface area contributed by atoms with Crippen LogP contribution in [0.4, 0.5) is 0 Å². The van der Waals surface area contributed by atoms with Crippen molar-refractivity contribution in [1.82, 2.24) is 5.43 Å². The van der Waals surface area contributed by atoms with Crippen molar-refractivity contribution in [1.29, 1.82) is 0 Å². The molecule has 4 aliphatic heterocycles. The van der Waals surface area contributed by atoms with E-state index in [2.05, 4.69) is 10.5 Å². The van der Waals surface area contributed by atoms with Crippen LogP contribution in [-0.4, -0.2) is 46.2 Å². The second kappa shape index (κ2) is 5.60. The monoisotopic (exact) mass is 318 g/mol. The van der Waals surface area contributed by atoms with Crippen LogP contribution < -0.4 is 24.5 Å². The zero-order chi connectivity index (χ0) is 16.0. The Hall–Kier alpha value is -1.95. The average Bonchev–Trinajstić information content (AvgIpc) is 3.08. The van der Waals surface area contributed by atoms with Crippen LogP contribution in [-0.2, 0) is 0 Å². The minimum absolute atomic E-state index is 0.178. The van der Waals surface area contributed by atoms with Crippen molar-refractivity contribution in [2.24, 2.45) is 11.0 Å². The summed E-state index contributed by atoms with van der Waals surface area (Å²) in [5, 5.41) is 4.68. The van der Waals surface area contributed by atoms with Gasteiger partial charge in [-0.3, -0.25) is 5.43 Å². The quantitative estimate of drug-likeness (QED) is 0.843. The van der Waals surface area contributed by atoms with Crippen molar-refractivity contribution in [2.75, 3.05) is 34.4 Å². The summed E-state index contributed by atoms with van der Waals surface area (Å²) in [6, 6.07) is 4.70. The Morgan fingerprint density at radius 3 is 2.26 bits per heavy atom. The minimum Gasteiger partial charge on any atom is -0.493 e. The van der Waals surface area contributed by atoms with Crippen LogP contribution in [0.2, 0.25) is 0 Å². The van der Waals surface area contributed by atoms with Crippen LogP contribution in [0, 0.1) is 5.92 Å². The van der Waals surface area contributed by atoms with Crippen LogP contribution in [0.15, 0.2) is 17.2 Å². The van der Waals surface area contributed by atoms with E-state index in [0.29, 0.717) is 29.2 Å². The molecular formula is C17H24N3O3+. The summed E-state index contributed by atoms with van der Waals surface area (Å²) < 4.78 is 16.4. The van der Waals surface area contributed by atoms with E-state index in [1.807, 2.05) is 12.1 Å². The number of quaternary nitrogens is 1. The molecule has 0 spiro atoms. The van der Waals surface area contributed by atoms with Gasteiger partial charge in [0.25, 0.3) is 0 Å². The van der Waals surface area contributed by atoms with E-state index < -0.39 is 0 Å². The Morgan fingerprint density at radius 2 is 1.70 bits per heavy atom. The molecule has 6 heteroatoms. The number of piperidine rings is 3. The molecule has 0 aliphatic carbocycles. The van der Waals surface area contributed by atoms with Crippen LogP contribution in [0.1, 0.15) is 24.4 Å². The van der Waals surface area contributed by atoms with Crippen LogP contribution in [0.3, 0.4) is 0 Å². The van der Waals surface area contributed by atoms with E-state index in [1.54, 1.807) is 26.2 Å². The average molecular weight is 318 g/mol. The summed E-state index contributed by atoms with van der Waals surface area (Å²) in [5.74, 6) is 2.69. The number of nitrogens with one attached hydrogen (secondary N) is 2. The second-order valence-corrected chi connectivity index (χ2v) is 6.51. The summed E-state index contributed by atoms with van der Waals surface area (Å²) in [4.78, 5) is 1.65. The van der Waals surface area contributed by atoms with Gasteiger partial charge in [0.05, 0.1) is 34.4 Å². The van der Waals surface area contributed by atoms with Gasteiger partial charge in [-0.05, 0) is 17.7 Å². The van der Waals surface area contributed by atoms with Crippen molar-refractivity contribution in [3.05, 3.63) is 17.7 Å². The summed E-state index contributed by atoms with van der Waals surface area (Å²) in [6.45, 7) is 2.49. The first kappa shape index (κ1) is 14.6. The molecule has 0 amide bonds. The highest BCUT2D eigenvalue weighted by molar-refractivity contribution is 5.93. The highest BCUT2D eigenvalue weighted by Crippen LogP contribution is 2.41. The molecule has 2 N–H and O–H groups in total. The molecule has 5 rings (SSSR count). The molecule has 0 radical (unpaired) electrons. The molecule has 0 saturated carbocycles. The first-order valence-electron chi connectivity index (χ1n) is 8.24. The fraction of sp³-hybridized carbons (Fsp3) is 0.588. The molecule has 1 aromatic carbocycles. The Balaban J connectivity index is 1.71. The Labute approximate surface area is 136 Å². The number of nitrogens with zero attached hydrogens (tertiary/aromatic N) is 1. The van der Waals surface area contributed by atoms with E-state index in [9.17, 15) is 0 Å². The lowest BCUT2D eigenvalue weighted by molar-refractivity contribution is -0.927. The molecule has 4 aliphatic rings. The number of benzene rings is 1. The zero-order valence-electron chi connectivity index (χ0n) is 13.9. The van der Waals surface area contributed by atoms with E-state index in [4.69, 9.17) is 14.2 Å². The van der Waals surface area contributed by atoms with Crippen molar-refractivity contribution in [3.63, 3.8) is 0 Å². The van der Waals surface area contributed by atoms with Crippen molar-refractivity contribution in [2.45, 2.75) is 24.9 Å². The second-order valence-electron chi connectivity index (χ2n) is 6.51. The van der Waals surface area contributed by atoms with Gasteiger partial charge in [0.15, 0.2) is 17.5 Å². The molecule has 2 bridgehead atoms. The number of hydrogen-bond donors (Lipinski definition) is 2. The molecule has 23 heavy (non-hydrogen) atoms. The molecule has 4 heterocycles. The topological polar surface area (TPSA) is 56.5 Å². The third-order valence-electron chi connectivity index (χ3n) is 5.52. The molecule has 0 unspecified atom stereocenters. The predicted molar refractivity (Wildman–Crippen MR) is 86.6 cm³/mol. The highest BCUT2D eigenvalue weighted by Gasteiger charge is 2.50. The van der Waals surface area contributed by atoms with Gasteiger partial charge in [-0.1, -0.05) is 0 Å².